The summed E-state index contributed by atoms with van der Waals surface area (Å²) < 4.78 is 28.8. The molecule has 38 heavy (non-hydrogen) atoms. The number of alkyl halides is 1. The maximum atomic E-state index is 15.5. The first-order chi connectivity index (χ1) is 18.7. The predicted molar refractivity (Wildman–Crippen MR) is 144 cm³/mol. The molecule has 2 atom stereocenters. The van der Waals surface area contributed by atoms with E-state index in [1.807, 2.05) is 27.7 Å². The topological polar surface area (TPSA) is 90.2 Å². The van der Waals surface area contributed by atoms with Gasteiger partial charge in [-0.15, -0.1) is 0 Å². The summed E-state index contributed by atoms with van der Waals surface area (Å²) in [6, 6.07) is 5.74. The van der Waals surface area contributed by atoms with E-state index >= 15 is 4.39 Å². The lowest BCUT2D eigenvalue weighted by Gasteiger charge is -2.30. The molecule has 0 radical (unpaired) electrons. The number of halogens is 2. The summed E-state index contributed by atoms with van der Waals surface area (Å²) in [4.78, 5) is 20.0. The maximum absolute atomic E-state index is 15.5. The van der Waals surface area contributed by atoms with Gasteiger partial charge in [-0.1, -0.05) is 23.7 Å². The van der Waals surface area contributed by atoms with Gasteiger partial charge in [-0.3, -0.25) is 14.5 Å². The van der Waals surface area contributed by atoms with Gasteiger partial charge in [0.1, 0.15) is 12.6 Å². The molecule has 200 valence electrons. The van der Waals surface area contributed by atoms with Crippen molar-refractivity contribution in [3.8, 4) is 0 Å². The van der Waals surface area contributed by atoms with Crippen LogP contribution in [-0.4, -0.2) is 75.2 Å². The minimum atomic E-state index is -1.12. The molecule has 0 bridgehead atoms. The first-order valence-corrected chi connectivity index (χ1v) is 13.6. The standard InChI is InChI=1S/C27H31ClFN7O2/c28-21-5-3-4-18-19(14-23(29)35-9-12-37-13-10-35)22(31-15-20(18)21)7-8-30-26-25-27(33-16-32-26)36(17-34-25)24-6-1-2-11-38-24/h3-5,15-17,23-24H,1-2,6-14H2,(H,30,32,33). The van der Waals surface area contributed by atoms with Gasteiger partial charge in [0.15, 0.2) is 23.3 Å². The van der Waals surface area contributed by atoms with Crippen LogP contribution in [0.4, 0.5) is 10.2 Å². The highest BCUT2D eigenvalue weighted by atomic mass is 35.5. The van der Waals surface area contributed by atoms with E-state index in [-0.39, 0.29) is 12.6 Å². The van der Waals surface area contributed by atoms with Crippen molar-refractivity contribution in [3.05, 3.63) is 53.3 Å². The van der Waals surface area contributed by atoms with Gasteiger partial charge in [0.05, 0.1) is 19.5 Å². The van der Waals surface area contributed by atoms with Crippen molar-refractivity contribution in [1.29, 1.82) is 0 Å². The molecular formula is C27H31ClFN7O2. The Labute approximate surface area is 225 Å². The lowest BCUT2D eigenvalue weighted by molar-refractivity contribution is -0.0298. The second-order valence-corrected chi connectivity index (χ2v) is 10.1. The van der Waals surface area contributed by atoms with Gasteiger partial charge >= 0.3 is 0 Å². The minimum Gasteiger partial charge on any atom is -0.379 e. The fourth-order valence-electron chi connectivity index (χ4n) is 5.34. The summed E-state index contributed by atoms with van der Waals surface area (Å²) in [5.74, 6) is 0.659. The highest BCUT2D eigenvalue weighted by molar-refractivity contribution is 6.35. The Morgan fingerprint density at radius 2 is 1.97 bits per heavy atom. The molecule has 0 saturated carbocycles. The Balaban J connectivity index is 1.22. The van der Waals surface area contributed by atoms with E-state index in [1.54, 1.807) is 18.9 Å². The molecule has 11 heteroatoms. The van der Waals surface area contributed by atoms with E-state index in [1.165, 1.54) is 0 Å². The number of aromatic nitrogens is 5. The average molecular weight is 540 g/mol. The van der Waals surface area contributed by atoms with E-state index in [2.05, 4.69) is 20.3 Å². The van der Waals surface area contributed by atoms with Crippen LogP contribution in [0.15, 0.2) is 37.1 Å². The third-order valence-corrected chi connectivity index (χ3v) is 7.70. The predicted octanol–water partition coefficient (Wildman–Crippen LogP) is 4.55. The highest BCUT2D eigenvalue weighted by Gasteiger charge is 2.24. The first kappa shape index (κ1) is 25.4. The number of rotatable bonds is 8. The van der Waals surface area contributed by atoms with Crippen LogP contribution in [0.5, 0.6) is 0 Å². The Morgan fingerprint density at radius 3 is 2.82 bits per heavy atom. The molecule has 2 aliphatic rings. The fourth-order valence-corrected chi connectivity index (χ4v) is 5.56. The molecule has 2 unspecified atom stereocenters. The quantitative estimate of drug-likeness (QED) is 0.326. The Kier molecular flexibility index (Phi) is 7.64. The van der Waals surface area contributed by atoms with Crippen molar-refractivity contribution in [2.45, 2.75) is 44.6 Å². The van der Waals surface area contributed by atoms with Crippen LogP contribution in [0.3, 0.4) is 0 Å². The maximum Gasteiger partial charge on any atom is 0.167 e. The third-order valence-electron chi connectivity index (χ3n) is 7.37. The van der Waals surface area contributed by atoms with E-state index in [4.69, 9.17) is 26.1 Å². The zero-order valence-electron chi connectivity index (χ0n) is 21.2. The number of anilines is 1. The second kappa shape index (κ2) is 11.4. The Bertz CT molecular complexity index is 1410. The lowest BCUT2D eigenvalue weighted by atomic mass is 9.99. The van der Waals surface area contributed by atoms with Gasteiger partial charge < -0.3 is 14.8 Å². The number of fused-ring (bicyclic) bond motifs is 2. The highest BCUT2D eigenvalue weighted by Crippen LogP contribution is 2.30. The number of benzene rings is 1. The summed E-state index contributed by atoms with van der Waals surface area (Å²) >= 11 is 6.46. The van der Waals surface area contributed by atoms with Crippen molar-refractivity contribution < 1.29 is 13.9 Å². The van der Waals surface area contributed by atoms with Crippen molar-refractivity contribution in [2.24, 2.45) is 0 Å². The van der Waals surface area contributed by atoms with Crippen molar-refractivity contribution in [2.75, 3.05) is 44.8 Å². The molecule has 4 aromatic rings. The lowest BCUT2D eigenvalue weighted by Crippen LogP contribution is -2.42. The molecule has 5 heterocycles. The van der Waals surface area contributed by atoms with Crippen molar-refractivity contribution in [3.63, 3.8) is 0 Å². The number of ether oxygens (including phenoxy) is 2. The van der Waals surface area contributed by atoms with Gasteiger partial charge in [0.2, 0.25) is 0 Å². The second-order valence-electron chi connectivity index (χ2n) is 9.72. The zero-order valence-corrected chi connectivity index (χ0v) is 21.9. The van der Waals surface area contributed by atoms with Crippen LogP contribution >= 0.6 is 11.6 Å². The molecular weight excluding hydrogens is 509 g/mol. The van der Waals surface area contributed by atoms with Crippen LogP contribution < -0.4 is 5.32 Å². The normalized spacial score (nSPS) is 19.7. The van der Waals surface area contributed by atoms with Crippen LogP contribution in [0.1, 0.15) is 36.7 Å². The molecule has 9 nitrogen and oxygen atoms in total. The van der Waals surface area contributed by atoms with Crippen molar-refractivity contribution >= 4 is 39.4 Å². The van der Waals surface area contributed by atoms with Gasteiger partial charge in [-0.2, -0.15) is 0 Å². The Hall–Kier alpha value is -2.92. The fraction of sp³-hybridized carbons (Fsp3) is 0.481. The van der Waals surface area contributed by atoms with Gasteiger partial charge in [-0.05, 0) is 36.3 Å². The van der Waals surface area contributed by atoms with Gasteiger partial charge in [0.25, 0.3) is 0 Å². The molecule has 2 fully saturated rings. The molecule has 6 rings (SSSR count). The van der Waals surface area contributed by atoms with E-state index in [0.29, 0.717) is 55.6 Å². The summed E-state index contributed by atoms with van der Waals surface area (Å²) in [6.45, 7) is 3.57. The largest absolute Gasteiger partial charge is 0.379 e. The summed E-state index contributed by atoms with van der Waals surface area (Å²) in [5, 5.41) is 5.79. The Morgan fingerprint density at radius 1 is 1.08 bits per heavy atom. The molecule has 1 aromatic carbocycles. The number of morpholine rings is 1. The number of nitrogens with zero attached hydrogens (tertiary/aromatic N) is 6. The molecule has 0 amide bonds. The number of hydrogen-bond acceptors (Lipinski definition) is 8. The minimum absolute atomic E-state index is 0.0483. The van der Waals surface area contributed by atoms with Crippen LogP contribution in [-0.2, 0) is 22.3 Å². The third kappa shape index (κ3) is 5.18. The smallest absolute Gasteiger partial charge is 0.167 e. The van der Waals surface area contributed by atoms with E-state index < -0.39 is 6.30 Å². The molecule has 2 saturated heterocycles. The monoisotopic (exact) mass is 539 g/mol. The SMILES string of the molecule is FC(Cc1c(CCNc2ncnc3c2ncn3C2CCCCO2)ncc2c(Cl)cccc12)N1CCOCC1. The average Bonchev–Trinajstić information content (AvgIpc) is 3.40. The molecule has 0 aliphatic carbocycles. The first-order valence-electron chi connectivity index (χ1n) is 13.2. The van der Waals surface area contributed by atoms with Crippen molar-refractivity contribution in [1.82, 2.24) is 29.4 Å². The van der Waals surface area contributed by atoms with Gasteiger partial charge in [-0.25, -0.2) is 19.3 Å². The summed E-state index contributed by atoms with van der Waals surface area (Å²) in [6.07, 6.45) is 7.91. The molecule has 1 N–H and O–H groups in total. The van der Waals surface area contributed by atoms with Crippen LogP contribution in [0.2, 0.25) is 5.02 Å². The summed E-state index contributed by atoms with van der Waals surface area (Å²) in [7, 11) is 0. The van der Waals surface area contributed by atoms with E-state index in [9.17, 15) is 0 Å². The van der Waals surface area contributed by atoms with E-state index in [0.717, 1.165) is 53.5 Å². The van der Waals surface area contributed by atoms with Gasteiger partial charge in [0, 0.05) is 61.4 Å². The molecule has 2 aliphatic heterocycles. The number of pyridine rings is 1. The number of imidazole rings is 1. The number of nitrogens with one attached hydrogen (secondary N) is 1. The number of hydrogen-bond donors (Lipinski definition) is 1. The summed E-state index contributed by atoms with van der Waals surface area (Å²) in [5.41, 5.74) is 3.18. The molecule has 3 aromatic heterocycles. The van der Waals surface area contributed by atoms with Crippen LogP contribution in [0, 0.1) is 0 Å². The molecule has 0 spiro atoms. The van der Waals surface area contributed by atoms with Crippen LogP contribution in [0.25, 0.3) is 21.9 Å². The zero-order chi connectivity index (χ0) is 25.9.